The number of benzene rings is 2. The molecule has 3 rings (SSSR count). The van der Waals surface area contributed by atoms with Crippen molar-refractivity contribution in [2.75, 3.05) is 0 Å². The molecule has 0 fully saturated rings. The van der Waals surface area contributed by atoms with Gasteiger partial charge in [0.2, 0.25) is 0 Å². The van der Waals surface area contributed by atoms with Crippen LogP contribution in [-0.2, 0) is 6.61 Å². The average Bonchev–Trinajstić information content (AvgIpc) is 2.47. The Morgan fingerprint density at radius 1 is 0.947 bits per heavy atom. The highest BCUT2D eigenvalue weighted by Crippen LogP contribution is 2.20. The van der Waals surface area contributed by atoms with E-state index in [2.05, 4.69) is 11.1 Å². The maximum Gasteiger partial charge on any atom is 0.119 e. The van der Waals surface area contributed by atoms with Crippen molar-refractivity contribution in [1.29, 1.82) is 0 Å². The van der Waals surface area contributed by atoms with Crippen LogP contribution in [0.2, 0.25) is 5.02 Å². The van der Waals surface area contributed by atoms with Gasteiger partial charge in [-0.1, -0.05) is 29.8 Å². The fourth-order valence-electron chi connectivity index (χ4n) is 1.97. The minimum absolute atomic E-state index is 0.519. The Bertz CT molecular complexity index is 689. The van der Waals surface area contributed by atoms with Crippen molar-refractivity contribution in [3.63, 3.8) is 0 Å². The first-order chi connectivity index (χ1) is 9.33. The molecule has 0 amide bonds. The monoisotopic (exact) mass is 269 g/mol. The molecule has 0 aliphatic rings. The molecule has 0 unspecified atom stereocenters. The van der Waals surface area contributed by atoms with E-state index in [9.17, 15) is 0 Å². The van der Waals surface area contributed by atoms with Gasteiger partial charge in [0.15, 0.2) is 0 Å². The molecule has 1 aromatic heterocycles. The van der Waals surface area contributed by atoms with Gasteiger partial charge in [0.25, 0.3) is 0 Å². The highest BCUT2D eigenvalue weighted by Gasteiger charge is 2.02. The Morgan fingerprint density at radius 3 is 2.58 bits per heavy atom. The molecule has 0 N–H and O–H groups in total. The molecule has 0 aliphatic carbocycles. The summed E-state index contributed by atoms with van der Waals surface area (Å²) in [6.45, 7) is 0.519. The second-order valence-corrected chi connectivity index (χ2v) is 4.67. The van der Waals surface area contributed by atoms with E-state index in [-0.39, 0.29) is 0 Å². The quantitative estimate of drug-likeness (QED) is 0.700. The van der Waals surface area contributed by atoms with Gasteiger partial charge in [0.05, 0.1) is 5.52 Å². The van der Waals surface area contributed by atoms with Crippen LogP contribution in [0.15, 0.2) is 60.8 Å². The fourth-order valence-corrected chi connectivity index (χ4v) is 2.10. The second kappa shape index (κ2) is 5.29. The lowest BCUT2D eigenvalue weighted by molar-refractivity contribution is 0.307. The van der Waals surface area contributed by atoms with E-state index in [1.165, 1.54) is 0 Å². The molecular formula is C16H12ClNO. The van der Waals surface area contributed by atoms with Crippen molar-refractivity contribution in [2.45, 2.75) is 6.61 Å². The van der Waals surface area contributed by atoms with E-state index in [0.717, 1.165) is 22.2 Å². The van der Waals surface area contributed by atoms with Crippen molar-refractivity contribution >= 4 is 22.5 Å². The number of aromatic nitrogens is 1. The molecular weight excluding hydrogens is 258 g/mol. The van der Waals surface area contributed by atoms with Gasteiger partial charge >= 0.3 is 0 Å². The summed E-state index contributed by atoms with van der Waals surface area (Å²) >= 11 is 5.84. The zero-order chi connectivity index (χ0) is 13.1. The summed E-state index contributed by atoms with van der Waals surface area (Å²) in [6.07, 6.45) is 1.81. The van der Waals surface area contributed by atoms with E-state index in [4.69, 9.17) is 16.3 Å². The van der Waals surface area contributed by atoms with Gasteiger partial charge in [-0.3, -0.25) is 4.98 Å². The van der Waals surface area contributed by atoms with Crippen molar-refractivity contribution < 1.29 is 4.74 Å². The van der Waals surface area contributed by atoms with E-state index in [1.54, 1.807) is 0 Å². The predicted octanol–water partition coefficient (Wildman–Crippen LogP) is 4.47. The van der Waals surface area contributed by atoms with Crippen molar-refractivity contribution in [1.82, 2.24) is 4.98 Å². The van der Waals surface area contributed by atoms with Crippen molar-refractivity contribution in [2.24, 2.45) is 0 Å². The van der Waals surface area contributed by atoms with E-state index in [1.807, 2.05) is 54.7 Å². The molecule has 19 heavy (non-hydrogen) atoms. The first-order valence-electron chi connectivity index (χ1n) is 6.04. The zero-order valence-electron chi connectivity index (χ0n) is 10.2. The molecule has 0 saturated heterocycles. The molecule has 0 atom stereocenters. The minimum atomic E-state index is 0.519. The van der Waals surface area contributed by atoms with Crippen LogP contribution in [0.3, 0.4) is 0 Å². The zero-order valence-corrected chi connectivity index (χ0v) is 11.0. The number of rotatable bonds is 3. The van der Waals surface area contributed by atoms with Gasteiger partial charge in [-0.15, -0.1) is 0 Å². The van der Waals surface area contributed by atoms with Crippen LogP contribution >= 0.6 is 11.6 Å². The third-order valence-corrected chi connectivity index (χ3v) is 3.20. The number of ether oxygens (including phenoxy) is 1. The second-order valence-electron chi connectivity index (χ2n) is 4.23. The molecule has 2 aromatic carbocycles. The molecule has 0 bridgehead atoms. The first kappa shape index (κ1) is 12.0. The smallest absolute Gasteiger partial charge is 0.119 e. The molecule has 2 nitrogen and oxygen atoms in total. The van der Waals surface area contributed by atoms with Crippen LogP contribution in [-0.4, -0.2) is 4.98 Å². The van der Waals surface area contributed by atoms with E-state index in [0.29, 0.717) is 11.6 Å². The topological polar surface area (TPSA) is 22.1 Å². The summed E-state index contributed by atoms with van der Waals surface area (Å²) in [5, 5.41) is 1.83. The molecule has 0 radical (unpaired) electrons. The standard InChI is InChI=1S/C16H12ClNO/c17-13-5-7-14(8-6-13)19-11-12-9-10-18-16-4-2-1-3-15(12)16/h1-10H,11H2. The van der Waals surface area contributed by atoms with Gasteiger partial charge in [-0.2, -0.15) is 0 Å². The van der Waals surface area contributed by atoms with E-state index >= 15 is 0 Å². The van der Waals surface area contributed by atoms with Crippen LogP contribution in [0.5, 0.6) is 5.75 Å². The molecule has 0 saturated carbocycles. The fraction of sp³-hybridized carbons (Fsp3) is 0.0625. The molecule has 0 spiro atoms. The van der Waals surface area contributed by atoms with Gasteiger partial charge in [0.1, 0.15) is 12.4 Å². The number of nitrogens with zero attached hydrogens (tertiary/aromatic N) is 1. The highest BCUT2D eigenvalue weighted by molar-refractivity contribution is 6.30. The van der Waals surface area contributed by atoms with Gasteiger partial charge < -0.3 is 4.74 Å². The summed E-state index contributed by atoms with van der Waals surface area (Å²) in [7, 11) is 0. The Morgan fingerprint density at radius 2 is 1.74 bits per heavy atom. The number of hydrogen-bond donors (Lipinski definition) is 0. The Labute approximate surface area is 116 Å². The van der Waals surface area contributed by atoms with Crippen LogP contribution in [0, 0.1) is 0 Å². The number of pyridine rings is 1. The SMILES string of the molecule is Clc1ccc(OCc2ccnc3ccccc23)cc1. The summed E-state index contributed by atoms with van der Waals surface area (Å²) < 4.78 is 5.77. The van der Waals surface area contributed by atoms with Crippen molar-refractivity contribution in [3.8, 4) is 5.75 Å². The number of halogens is 1. The third kappa shape index (κ3) is 2.69. The number of fused-ring (bicyclic) bond motifs is 1. The molecule has 0 aliphatic heterocycles. The minimum Gasteiger partial charge on any atom is -0.489 e. The molecule has 3 heteroatoms. The maximum absolute atomic E-state index is 5.84. The van der Waals surface area contributed by atoms with Gasteiger partial charge in [-0.05, 0) is 36.4 Å². The predicted molar refractivity (Wildman–Crippen MR) is 77.5 cm³/mol. The Kier molecular flexibility index (Phi) is 3.34. The van der Waals surface area contributed by atoms with Crippen LogP contribution in [0.4, 0.5) is 0 Å². The lowest BCUT2D eigenvalue weighted by Crippen LogP contribution is -1.97. The van der Waals surface area contributed by atoms with Crippen LogP contribution in [0.1, 0.15) is 5.56 Å². The third-order valence-electron chi connectivity index (χ3n) is 2.95. The molecule has 3 aromatic rings. The summed E-state index contributed by atoms with van der Waals surface area (Å²) in [6, 6.07) is 17.4. The molecule has 94 valence electrons. The number of para-hydroxylation sites is 1. The van der Waals surface area contributed by atoms with Gasteiger partial charge in [0, 0.05) is 22.2 Å². The first-order valence-corrected chi connectivity index (χ1v) is 6.42. The largest absolute Gasteiger partial charge is 0.489 e. The van der Waals surface area contributed by atoms with Crippen LogP contribution in [0.25, 0.3) is 10.9 Å². The maximum atomic E-state index is 5.84. The lowest BCUT2D eigenvalue weighted by Gasteiger charge is -2.08. The van der Waals surface area contributed by atoms with Crippen LogP contribution < -0.4 is 4.74 Å². The summed E-state index contributed by atoms with van der Waals surface area (Å²) in [4.78, 5) is 4.34. The highest BCUT2D eigenvalue weighted by atomic mass is 35.5. The lowest BCUT2D eigenvalue weighted by atomic mass is 10.1. The summed E-state index contributed by atoms with van der Waals surface area (Å²) in [5.41, 5.74) is 2.11. The Balaban J connectivity index is 1.84. The summed E-state index contributed by atoms with van der Waals surface area (Å²) in [5.74, 6) is 0.810. The molecule has 1 heterocycles. The van der Waals surface area contributed by atoms with Crippen molar-refractivity contribution in [3.05, 3.63) is 71.4 Å². The average molecular weight is 270 g/mol. The van der Waals surface area contributed by atoms with E-state index < -0.39 is 0 Å². The normalized spacial score (nSPS) is 10.6. The van der Waals surface area contributed by atoms with Gasteiger partial charge in [-0.25, -0.2) is 0 Å². The Hall–Kier alpha value is -2.06. The number of hydrogen-bond acceptors (Lipinski definition) is 2.